The molecule has 0 aliphatic carbocycles. The first-order valence-corrected chi connectivity index (χ1v) is 10.7. The van der Waals surface area contributed by atoms with Gasteiger partial charge in [0.25, 0.3) is 5.91 Å². The van der Waals surface area contributed by atoms with Gasteiger partial charge in [0.15, 0.2) is 0 Å². The molecule has 3 nitrogen and oxygen atoms in total. The fourth-order valence-corrected chi connectivity index (χ4v) is 4.93. The van der Waals surface area contributed by atoms with E-state index in [1.807, 2.05) is 35.2 Å². The quantitative estimate of drug-likeness (QED) is 0.820. The van der Waals surface area contributed by atoms with E-state index < -0.39 is 0 Å². The first-order valence-electron chi connectivity index (χ1n) is 9.58. The van der Waals surface area contributed by atoms with Crippen LogP contribution in [0.1, 0.15) is 23.2 Å². The van der Waals surface area contributed by atoms with Crippen LogP contribution < -0.4 is 0 Å². The molecule has 0 N–H and O–H groups in total. The molecule has 4 heteroatoms. The smallest absolute Gasteiger partial charge is 0.253 e. The number of thioether (sulfide) groups is 1. The Kier molecular flexibility index (Phi) is 5.61. The van der Waals surface area contributed by atoms with Gasteiger partial charge in [-0.15, -0.1) is 0 Å². The molecule has 0 spiro atoms. The van der Waals surface area contributed by atoms with E-state index in [2.05, 4.69) is 40.9 Å². The summed E-state index contributed by atoms with van der Waals surface area (Å²) < 4.78 is 0. The highest BCUT2D eigenvalue weighted by atomic mass is 32.2. The molecule has 2 aliphatic rings. The number of hydrogen-bond acceptors (Lipinski definition) is 3. The predicted molar refractivity (Wildman–Crippen MR) is 110 cm³/mol. The maximum Gasteiger partial charge on any atom is 0.253 e. The average Bonchev–Trinajstić information content (AvgIpc) is 2.75. The van der Waals surface area contributed by atoms with Crippen LogP contribution in [-0.2, 0) is 0 Å². The summed E-state index contributed by atoms with van der Waals surface area (Å²) in [6.07, 6.45) is 2.22. The summed E-state index contributed by atoms with van der Waals surface area (Å²) in [5.41, 5.74) is 3.15. The number of piperidine rings is 1. The lowest BCUT2D eigenvalue weighted by molar-refractivity contribution is 0.0631. The summed E-state index contributed by atoms with van der Waals surface area (Å²) in [4.78, 5) is 17.5. The number of carbonyl (C=O) groups excluding carboxylic acids is 1. The zero-order valence-corrected chi connectivity index (χ0v) is 16.0. The van der Waals surface area contributed by atoms with Gasteiger partial charge in [-0.25, -0.2) is 0 Å². The molecule has 0 unspecified atom stereocenters. The third kappa shape index (κ3) is 3.97. The Morgan fingerprint density at radius 2 is 1.42 bits per heavy atom. The normalized spacial score (nSPS) is 19.5. The van der Waals surface area contributed by atoms with Crippen molar-refractivity contribution in [3.63, 3.8) is 0 Å². The first kappa shape index (κ1) is 17.6. The van der Waals surface area contributed by atoms with Crippen molar-refractivity contribution in [1.29, 1.82) is 0 Å². The molecule has 2 aromatic rings. The van der Waals surface area contributed by atoms with Crippen molar-refractivity contribution in [2.24, 2.45) is 0 Å². The molecule has 26 heavy (non-hydrogen) atoms. The van der Waals surface area contributed by atoms with E-state index in [-0.39, 0.29) is 5.91 Å². The summed E-state index contributed by atoms with van der Waals surface area (Å²) >= 11 is 2.06. The highest BCUT2D eigenvalue weighted by Gasteiger charge is 2.28. The molecule has 2 aliphatic heterocycles. The lowest BCUT2D eigenvalue weighted by atomic mass is 10.0. The molecule has 0 atom stereocenters. The van der Waals surface area contributed by atoms with Crippen LogP contribution in [-0.4, -0.2) is 59.4 Å². The van der Waals surface area contributed by atoms with Gasteiger partial charge in [0.05, 0.1) is 0 Å². The highest BCUT2D eigenvalue weighted by Crippen LogP contribution is 2.23. The summed E-state index contributed by atoms with van der Waals surface area (Å²) in [5.74, 6) is 2.69. The minimum atomic E-state index is 0.178. The molecule has 2 aromatic carbocycles. The topological polar surface area (TPSA) is 23.6 Å². The van der Waals surface area contributed by atoms with Crippen LogP contribution in [0.3, 0.4) is 0 Å². The number of rotatable bonds is 3. The monoisotopic (exact) mass is 366 g/mol. The van der Waals surface area contributed by atoms with Crippen LogP contribution in [0.2, 0.25) is 0 Å². The zero-order chi connectivity index (χ0) is 17.8. The van der Waals surface area contributed by atoms with Gasteiger partial charge in [-0.3, -0.25) is 9.69 Å². The molecule has 1 amide bonds. The molecule has 2 fully saturated rings. The highest BCUT2D eigenvalue weighted by molar-refractivity contribution is 7.99. The molecule has 0 bridgehead atoms. The van der Waals surface area contributed by atoms with Gasteiger partial charge in [-0.05, 0) is 36.1 Å². The van der Waals surface area contributed by atoms with Crippen LogP contribution in [0.25, 0.3) is 11.1 Å². The number of hydrogen-bond donors (Lipinski definition) is 0. The van der Waals surface area contributed by atoms with Crippen molar-refractivity contribution in [3.05, 3.63) is 60.2 Å². The van der Waals surface area contributed by atoms with Crippen molar-refractivity contribution in [3.8, 4) is 11.1 Å². The standard InChI is InChI=1S/C22H26N2OS/c25-22(20-8-6-19(7-9-20)18-4-2-1-3-5-18)24-12-10-21(11-13-24)23-14-16-26-17-15-23/h1-9,21H,10-17H2. The van der Waals surface area contributed by atoms with Crippen LogP contribution in [0.15, 0.2) is 54.6 Å². The largest absolute Gasteiger partial charge is 0.339 e. The third-order valence-corrected chi connectivity index (χ3v) is 6.50. The molecule has 2 heterocycles. The van der Waals surface area contributed by atoms with E-state index in [0.29, 0.717) is 6.04 Å². The lowest BCUT2D eigenvalue weighted by Gasteiger charge is -2.40. The third-order valence-electron chi connectivity index (χ3n) is 5.55. The zero-order valence-electron chi connectivity index (χ0n) is 15.1. The Morgan fingerprint density at radius 3 is 2.08 bits per heavy atom. The number of benzene rings is 2. The van der Waals surface area contributed by atoms with Gasteiger partial charge in [0.2, 0.25) is 0 Å². The van der Waals surface area contributed by atoms with E-state index in [1.54, 1.807) is 0 Å². The van der Waals surface area contributed by atoms with Crippen molar-refractivity contribution in [2.75, 3.05) is 37.7 Å². The van der Waals surface area contributed by atoms with Gasteiger partial charge < -0.3 is 4.90 Å². The van der Waals surface area contributed by atoms with Crippen molar-refractivity contribution < 1.29 is 4.79 Å². The van der Waals surface area contributed by atoms with Crippen LogP contribution in [0.5, 0.6) is 0 Å². The average molecular weight is 367 g/mol. The fraction of sp³-hybridized carbons (Fsp3) is 0.409. The fourth-order valence-electron chi connectivity index (χ4n) is 4.00. The molecule has 0 radical (unpaired) electrons. The first-order chi connectivity index (χ1) is 12.8. The van der Waals surface area contributed by atoms with E-state index in [9.17, 15) is 4.79 Å². The second-order valence-corrected chi connectivity index (χ2v) is 8.34. The van der Waals surface area contributed by atoms with E-state index in [1.165, 1.54) is 30.2 Å². The number of nitrogens with zero attached hydrogens (tertiary/aromatic N) is 2. The van der Waals surface area contributed by atoms with E-state index in [0.717, 1.165) is 37.1 Å². The van der Waals surface area contributed by atoms with Gasteiger partial charge in [0, 0.05) is 49.3 Å². The number of carbonyl (C=O) groups is 1. The Balaban J connectivity index is 1.36. The Hall–Kier alpha value is -1.78. The van der Waals surface area contributed by atoms with Crippen LogP contribution in [0.4, 0.5) is 0 Å². The minimum Gasteiger partial charge on any atom is -0.339 e. The van der Waals surface area contributed by atoms with Gasteiger partial charge in [-0.1, -0.05) is 42.5 Å². The number of amides is 1. The van der Waals surface area contributed by atoms with Crippen LogP contribution in [0, 0.1) is 0 Å². The second-order valence-electron chi connectivity index (χ2n) is 7.12. The second kappa shape index (κ2) is 8.28. The summed E-state index contributed by atoms with van der Waals surface area (Å²) in [6, 6.07) is 19.0. The Morgan fingerprint density at radius 1 is 0.808 bits per heavy atom. The Labute approximate surface area is 160 Å². The molecule has 4 rings (SSSR count). The van der Waals surface area contributed by atoms with Gasteiger partial charge >= 0.3 is 0 Å². The molecule has 2 saturated heterocycles. The van der Waals surface area contributed by atoms with E-state index in [4.69, 9.17) is 0 Å². The van der Waals surface area contributed by atoms with Crippen LogP contribution >= 0.6 is 11.8 Å². The SMILES string of the molecule is O=C(c1ccc(-c2ccccc2)cc1)N1CCC(N2CCSCC2)CC1. The summed E-state index contributed by atoms with van der Waals surface area (Å²) in [6.45, 7) is 4.19. The van der Waals surface area contributed by atoms with Gasteiger partial charge in [-0.2, -0.15) is 11.8 Å². The van der Waals surface area contributed by atoms with Crippen molar-refractivity contribution in [2.45, 2.75) is 18.9 Å². The maximum atomic E-state index is 12.8. The minimum absolute atomic E-state index is 0.178. The maximum absolute atomic E-state index is 12.8. The molecule has 136 valence electrons. The Bertz CT molecular complexity index is 718. The molecular formula is C22H26N2OS. The molecule has 0 aromatic heterocycles. The van der Waals surface area contributed by atoms with Gasteiger partial charge in [0.1, 0.15) is 0 Å². The summed E-state index contributed by atoms with van der Waals surface area (Å²) in [5, 5.41) is 0. The van der Waals surface area contributed by atoms with E-state index >= 15 is 0 Å². The molecular weight excluding hydrogens is 340 g/mol. The van der Waals surface area contributed by atoms with Crippen molar-refractivity contribution in [1.82, 2.24) is 9.80 Å². The lowest BCUT2D eigenvalue weighted by Crippen LogP contribution is -2.49. The molecule has 0 saturated carbocycles. The summed E-state index contributed by atoms with van der Waals surface area (Å²) in [7, 11) is 0. The number of likely N-dealkylation sites (tertiary alicyclic amines) is 1. The predicted octanol–water partition coefficient (Wildman–Crippen LogP) is 4.01. The van der Waals surface area contributed by atoms with Crippen molar-refractivity contribution >= 4 is 17.7 Å².